The molecule has 1 aromatic heterocycles. The maximum Gasteiger partial charge on any atom is 0.282 e. The Kier molecular flexibility index (Phi) is 5.07. The average molecular weight is 426 g/mol. The highest BCUT2D eigenvalue weighted by atomic mass is 16.7. The molecule has 1 N–H and O–H groups in total. The van der Waals surface area contributed by atoms with E-state index in [9.17, 15) is 4.79 Å². The van der Waals surface area contributed by atoms with Crippen LogP contribution in [-0.4, -0.2) is 33.8 Å². The van der Waals surface area contributed by atoms with Crippen LogP contribution in [0.25, 0.3) is 17.0 Å². The Hall–Kier alpha value is -4.13. The molecule has 3 heterocycles. The standard InChI is InChI=1S/C25H22N4O3/c1-17-14-23-27-25(30)21(24(26)29(23)32-17)15-18-16-28(22-11-6-5-10-20(18)22)12-7-13-31-19-8-3-2-4-9-19/h2-6,8-11,14-16,26H,7,12-13H2,1H3/b21-15-,26-24?. The predicted molar refractivity (Wildman–Crippen MR) is 123 cm³/mol. The van der Waals surface area contributed by atoms with Crippen molar-refractivity contribution < 1.29 is 14.4 Å². The molecule has 0 fully saturated rings. The fourth-order valence-corrected chi connectivity index (χ4v) is 3.87. The quantitative estimate of drug-likeness (QED) is 0.463. The van der Waals surface area contributed by atoms with E-state index in [4.69, 9.17) is 15.0 Å². The molecule has 2 aromatic carbocycles. The first-order chi connectivity index (χ1) is 15.6. The van der Waals surface area contributed by atoms with E-state index < -0.39 is 5.91 Å². The lowest BCUT2D eigenvalue weighted by molar-refractivity contribution is -0.114. The number of benzene rings is 2. The zero-order valence-electron chi connectivity index (χ0n) is 17.6. The molecule has 0 bridgehead atoms. The van der Waals surface area contributed by atoms with Crippen molar-refractivity contribution in [2.45, 2.75) is 19.9 Å². The summed E-state index contributed by atoms with van der Waals surface area (Å²) in [5, 5.41) is 10.7. The lowest BCUT2D eigenvalue weighted by Gasteiger charge is -2.22. The van der Waals surface area contributed by atoms with E-state index in [1.54, 1.807) is 19.1 Å². The van der Waals surface area contributed by atoms with E-state index in [0.29, 0.717) is 18.2 Å². The molecule has 160 valence electrons. The van der Waals surface area contributed by atoms with Gasteiger partial charge in [-0.05, 0) is 37.6 Å². The average Bonchev–Trinajstić information content (AvgIpc) is 3.35. The molecule has 0 spiro atoms. The van der Waals surface area contributed by atoms with Crippen LogP contribution in [-0.2, 0) is 16.2 Å². The number of aryl methyl sites for hydroxylation is 1. The summed E-state index contributed by atoms with van der Waals surface area (Å²) in [7, 11) is 0. The summed E-state index contributed by atoms with van der Waals surface area (Å²) in [5.41, 5.74) is 2.13. The number of carbonyl (C=O) groups excluding carboxylic acids is 1. The van der Waals surface area contributed by atoms with E-state index in [1.165, 1.54) is 5.06 Å². The van der Waals surface area contributed by atoms with Gasteiger partial charge in [-0.2, -0.15) is 4.99 Å². The molecule has 2 aliphatic heterocycles. The van der Waals surface area contributed by atoms with Crippen LogP contribution in [0.3, 0.4) is 0 Å². The van der Waals surface area contributed by atoms with Crippen molar-refractivity contribution in [1.82, 2.24) is 9.63 Å². The van der Waals surface area contributed by atoms with Crippen molar-refractivity contribution in [1.29, 1.82) is 5.41 Å². The van der Waals surface area contributed by atoms with Crippen molar-refractivity contribution in [2.75, 3.05) is 6.61 Å². The topological polar surface area (TPSA) is 79.9 Å². The number of amidine groups is 2. The maximum absolute atomic E-state index is 12.6. The van der Waals surface area contributed by atoms with E-state index in [1.807, 2.05) is 54.7 Å². The van der Waals surface area contributed by atoms with Crippen molar-refractivity contribution in [2.24, 2.45) is 4.99 Å². The number of amides is 1. The van der Waals surface area contributed by atoms with E-state index in [0.717, 1.165) is 35.2 Å². The minimum Gasteiger partial charge on any atom is -0.494 e. The third-order valence-electron chi connectivity index (χ3n) is 5.35. The maximum atomic E-state index is 12.6. The van der Waals surface area contributed by atoms with Crippen LogP contribution < -0.4 is 4.74 Å². The summed E-state index contributed by atoms with van der Waals surface area (Å²) in [6, 6.07) is 17.8. The Morgan fingerprint density at radius 3 is 2.75 bits per heavy atom. The summed E-state index contributed by atoms with van der Waals surface area (Å²) in [4.78, 5) is 22.2. The van der Waals surface area contributed by atoms with Gasteiger partial charge in [0.25, 0.3) is 5.91 Å². The monoisotopic (exact) mass is 426 g/mol. The zero-order valence-corrected chi connectivity index (χ0v) is 17.6. The van der Waals surface area contributed by atoms with Crippen LogP contribution in [0.15, 0.2) is 83.2 Å². The molecule has 2 aliphatic rings. The minimum atomic E-state index is -0.441. The Balaban J connectivity index is 1.38. The van der Waals surface area contributed by atoms with E-state index >= 15 is 0 Å². The Morgan fingerprint density at radius 1 is 1.12 bits per heavy atom. The smallest absolute Gasteiger partial charge is 0.282 e. The fraction of sp³-hybridized carbons (Fsp3) is 0.160. The summed E-state index contributed by atoms with van der Waals surface area (Å²) in [6.07, 6.45) is 6.21. The highest BCUT2D eigenvalue weighted by Crippen LogP contribution is 2.27. The van der Waals surface area contributed by atoms with Gasteiger partial charge in [-0.25, -0.2) is 0 Å². The van der Waals surface area contributed by atoms with Crippen molar-refractivity contribution in [3.63, 3.8) is 0 Å². The molecule has 5 rings (SSSR count). The van der Waals surface area contributed by atoms with E-state index in [2.05, 4.69) is 15.6 Å². The normalized spacial score (nSPS) is 16.8. The molecule has 32 heavy (non-hydrogen) atoms. The first kappa shape index (κ1) is 19.8. The number of ether oxygens (including phenoxy) is 1. The number of allylic oxidation sites excluding steroid dienone is 1. The second-order valence-electron chi connectivity index (χ2n) is 7.63. The number of hydrogen-bond acceptors (Lipinski definition) is 4. The molecule has 0 atom stereocenters. The minimum absolute atomic E-state index is 0.0128. The van der Waals surface area contributed by atoms with Gasteiger partial charge in [-0.1, -0.05) is 36.4 Å². The first-order valence-electron chi connectivity index (χ1n) is 10.5. The molecule has 7 heteroatoms. The lowest BCUT2D eigenvalue weighted by Crippen LogP contribution is -2.38. The Bertz CT molecular complexity index is 1300. The van der Waals surface area contributed by atoms with Gasteiger partial charge in [0.1, 0.15) is 11.5 Å². The molecule has 0 aliphatic carbocycles. The van der Waals surface area contributed by atoms with Crippen LogP contribution in [0.2, 0.25) is 0 Å². The highest BCUT2D eigenvalue weighted by molar-refractivity contribution is 6.32. The molecular formula is C25H22N4O3. The highest BCUT2D eigenvalue weighted by Gasteiger charge is 2.34. The molecule has 0 saturated carbocycles. The second-order valence-corrected chi connectivity index (χ2v) is 7.63. The number of fused-ring (bicyclic) bond motifs is 2. The van der Waals surface area contributed by atoms with Crippen LogP contribution >= 0.6 is 0 Å². The molecule has 0 radical (unpaired) electrons. The first-order valence-corrected chi connectivity index (χ1v) is 10.5. The molecule has 3 aromatic rings. The van der Waals surface area contributed by atoms with Gasteiger partial charge in [0, 0.05) is 35.3 Å². The molecule has 0 unspecified atom stereocenters. The molecule has 7 nitrogen and oxygen atoms in total. The third kappa shape index (κ3) is 3.69. The van der Waals surface area contributed by atoms with Crippen LogP contribution in [0.1, 0.15) is 18.9 Å². The van der Waals surface area contributed by atoms with Gasteiger partial charge in [0.2, 0.25) is 0 Å². The van der Waals surface area contributed by atoms with Gasteiger partial charge in [0.15, 0.2) is 11.7 Å². The summed E-state index contributed by atoms with van der Waals surface area (Å²) < 4.78 is 7.96. The number of hydroxylamine groups is 2. The van der Waals surface area contributed by atoms with Crippen LogP contribution in [0, 0.1) is 5.41 Å². The number of para-hydroxylation sites is 2. The van der Waals surface area contributed by atoms with Gasteiger partial charge in [0.05, 0.1) is 12.2 Å². The predicted octanol–water partition coefficient (Wildman–Crippen LogP) is 4.56. The number of rotatable bonds is 6. The van der Waals surface area contributed by atoms with Crippen molar-refractivity contribution >= 4 is 34.6 Å². The molecule has 0 saturated heterocycles. The van der Waals surface area contributed by atoms with Gasteiger partial charge < -0.3 is 14.1 Å². The fourth-order valence-electron chi connectivity index (χ4n) is 3.87. The summed E-state index contributed by atoms with van der Waals surface area (Å²) in [5.74, 6) is 1.34. The van der Waals surface area contributed by atoms with E-state index in [-0.39, 0.29) is 11.4 Å². The SMILES string of the molecule is CC1=CC2=NC(=O)/C(=C\c3cn(CCCOc4ccccc4)c4ccccc34)C(=N)N2O1. The number of aliphatic imine (C=N–C) groups is 1. The third-order valence-corrected chi connectivity index (χ3v) is 5.35. The van der Waals surface area contributed by atoms with Crippen molar-refractivity contribution in [3.05, 3.63) is 83.8 Å². The number of nitrogens with one attached hydrogen (secondary N) is 1. The number of hydrogen-bond donors (Lipinski definition) is 1. The number of aromatic nitrogens is 1. The van der Waals surface area contributed by atoms with Crippen molar-refractivity contribution in [3.8, 4) is 5.75 Å². The zero-order chi connectivity index (χ0) is 22.1. The summed E-state index contributed by atoms with van der Waals surface area (Å²) in [6.45, 7) is 3.13. The van der Waals surface area contributed by atoms with Crippen LogP contribution in [0.5, 0.6) is 5.75 Å². The summed E-state index contributed by atoms with van der Waals surface area (Å²) >= 11 is 0. The molecular weight excluding hydrogens is 404 g/mol. The lowest BCUT2D eigenvalue weighted by atomic mass is 10.1. The Morgan fingerprint density at radius 2 is 1.91 bits per heavy atom. The second kappa shape index (κ2) is 8.19. The molecule has 1 amide bonds. The number of nitrogens with zero attached hydrogens (tertiary/aromatic N) is 3. The largest absolute Gasteiger partial charge is 0.494 e. The van der Waals surface area contributed by atoms with Crippen LogP contribution in [0.4, 0.5) is 0 Å². The Labute approximate surface area is 185 Å². The van der Waals surface area contributed by atoms with Gasteiger partial charge in [-0.3, -0.25) is 10.2 Å². The van der Waals surface area contributed by atoms with Gasteiger partial charge >= 0.3 is 0 Å². The van der Waals surface area contributed by atoms with Gasteiger partial charge in [-0.15, -0.1) is 5.06 Å². The number of carbonyl (C=O) groups is 1.